The van der Waals surface area contributed by atoms with Gasteiger partial charge >= 0.3 is 12.4 Å². The van der Waals surface area contributed by atoms with Gasteiger partial charge in [-0.25, -0.2) is 4.68 Å². The van der Waals surface area contributed by atoms with Crippen molar-refractivity contribution in [2.45, 2.75) is 38.3 Å². The lowest BCUT2D eigenvalue weighted by Crippen LogP contribution is -2.57. The van der Waals surface area contributed by atoms with Crippen LogP contribution in [-0.2, 0) is 11.0 Å². The highest BCUT2D eigenvalue weighted by atomic mass is 19.4. The molecule has 0 radical (unpaired) electrons. The number of nitrogens with zero attached hydrogens (tertiary/aromatic N) is 4. The summed E-state index contributed by atoms with van der Waals surface area (Å²) >= 11 is 0. The average molecular weight is 450 g/mol. The van der Waals surface area contributed by atoms with Crippen LogP contribution in [0.2, 0.25) is 0 Å². The van der Waals surface area contributed by atoms with E-state index in [1.165, 1.54) is 19.1 Å². The van der Waals surface area contributed by atoms with Gasteiger partial charge in [0, 0.05) is 18.2 Å². The van der Waals surface area contributed by atoms with Crippen LogP contribution in [0.1, 0.15) is 24.6 Å². The Morgan fingerprint density at radius 1 is 1.16 bits per heavy atom. The number of carbonyl (C=O) groups is 1. The summed E-state index contributed by atoms with van der Waals surface area (Å²) < 4.78 is 84.9. The van der Waals surface area contributed by atoms with E-state index in [1.54, 1.807) is 19.1 Å². The van der Waals surface area contributed by atoms with E-state index in [-0.39, 0.29) is 16.4 Å². The van der Waals surface area contributed by atoms with E-state index in [4.69, 9.17) is 4.74 Å². The van der Waals surface area contributed by atoms with Crippen molar-refractivity contribution in [1.29, 1.82) is 0 Å². The fourth-order valence-electron chi connectivity index (χ4n) is 2.88. The summed E-state index contributed by atoms with van der Waals surface area (Å²) in [4.78, 5) is 12.3. The van der Waals surface area contributed by atoms with Gasteiger partial charge in [-0.1, -0.05) is 17.7 Å². The lowest BCUT2D eigenvalue weighted by Gasteiger charge is -2.32. The van der Waals surface area contributed by atoms with E-state index in [0.717, 1.165) is 10.2 Å². The fourth-order valence-corrected chi connectivity index (χ4v) is 2.88. The van der Waals surface area contributed by atoms with Gasteiger partial charge in [-0.2, -0.15) is 41.6 Å². The van der Waals surface area contributed by atoms with Gasteiger partial charge in [-0.15, -0.1) is 0 Å². The van der Waals surface area contributed by atoms with Crippen molar-refractivity contribution in [1.82, 2.24) is 14.8 Å². The van der Waals surface area contributed by atoms with Gasteiger partial charge in [-0.05, 0) is 26.0 Å². The second-order valence-corrected chi connectivity index (χ2v) is 6.93. The summed E-state index contributed by atoms with van der Waals surface area (Å²) in [6.07, 6.45) is -11.0. The van der Waals surface area contributed by atoms with Crippen LogP contribution in [0.3, 0.4) is 0 Å². The zero-order valence-electron chi connectivity index (χ0n) is 16.1. The molecule has 0 saturated heterocycles. The van der Waals surface area contributed by atoms with Crippen molar-refractivity contribution < 1.29 is 41.0 Å². The Bertz CT molecular complexity index is 1010. The first-order valence-electron chi connectivity index (χ1n) is 8.76. The van der Waals surface area contributed by atoms with Crippen LogP contribution in [0, 0.1) is 6.92 Å². The normalized spacial score (nSPS) is 19.5. The Morgan fingerprint density at radius 2 is 1.77 bits per heavy atom. The number of halogens is 6. The number of benzene rings is 1. The number of hydrogen-bond acceptors (Lipinski definition) is 5. The molecule has 1 aliphatic heterocycles. The largest absolute Gasteiger partial charge is 0.467 e. The number of ether oxygens (including phenoxy) is 1. The third-order valence-corrected chi connectivity index (χ3v) is 4.40. The molecule has 0 bridgehead atoms. The van der Waals surface area contributed by atoms with Crippen LogP contribution in [0.5, 0.6) is 5.88 Å². The third-order valence-electron chi connectivity index (χ3n) is 4.40. The van der Waals surface area contributed by atoms with E-state index >= 15 is 0 Å². The molecule has 2 heterocycles. The Balaban J connectivity index is 1.88. The smallest absolute Gasteiger partial charge is 0.438 e. The maximum atomic E-state index is 13.2. The topological polar surface area (TPSA) is 80.0 Å². The van der Waals surface area contributed by atoms with Crippen molar-refractivity contribution in [3.8, 4) is 11.6 Å². The molecular weight excluding hydrogens is 434 g/mol. The molecule has 31 heavy (non-hydrogen) atoms. The number of rotatable bonds is 4. The highest BCUT2D eigenvalue weighted by Crippen LogP contribution is 2.40. The van der Waals surface area contributed by atoms with Crippen molar-refractivity contribution in [3.05, 3.63) is 41.6 Å². The Hall–Kier alpha value is -3.09. The molecule has 0 aliphatic carbocycles. The van der Waals surface area contributed by atoms with Crippen LogP contribution in [0.15, 0.2) is 35.4 Å². The van der Waals surface area contributed by atoms with Gasteiger partial charge in [-0.3, -0.25) is 4.79 Å². The van der Waals surface area contributed by atoms with Crippen molar-refractivity contribution in [3.63, 3.8) is 0 Å². The summed E-state index contributed by atoms with van der Waals surface area (Å²) in [7, 11) is 0. The molecule has 13 heteroatoms. The van der Waals surface area contributed by atoms with Gasteiger partial charge in [0.15, 0.2) is 12.3 Å². The van der Waals surface area contributed by atoms with Gasteiger partial charge in [0.2, 0.25) is 5.88 Å². The molecule has 168 valence electrons. The second-order valence-electron chi connectivity index (χ2n) is 6.93. The quantitative estimate of drug-likeness (QED) is 0.724. The molecule has 0 saturated carbocycles. The monoisotopic (exact) mass is 450 g/mol. The molecule has 1 atom stereocenters. The summed E-state index contributed by atoms with van der Waals surface area (Å²) in [5, 5.41) is 16.6. The van der Waals surface area contributed by atoms with Crippen LogP contribution >= 0.6 is 0 Å². The molecule has 1 aromatic carbocycles. The molecule has 0 spiro atoms. The number of amides is 1. The number of hydrazone groups is 1. The van der Waals surface area contributed by atoms with Gasteiger partial charge in [0.25, 0.3) is 11.6 Å². The Kier molecular flexibility index (Phi) is 5.50. The molecule has 1 aliphatic rings. The first-order chi connectivity index (χ1) is 14.2. The van der Waals surface area contributed by atoms with Crippen molar-refractivity contribution in [2.75, 3.05) is 6.61 Å². The van der Waals surface area contributed by atoms with Gasteiger partial charge in [0.1, 0.15) is 0 Å². The fraction of sp³-hybridized carbons (Fsp3) is 0.389. The number of carbonyl (C=O) groups excluding carboxylic acids is 1. The predicted octanol–water partition coefficient (Wildman–Crippen LogP) is 3.44. The highest BCUT2D eigenvalue weighted by molar-refractivity contribution is 5.89. The molecule has 1 amide bonds. The first kappa shape index (κ1) is 22.6. The molecule has 7 nitrogen and oxygen atoms in total. The maximum Gasteiger partial charge on any atom is 0.438 e. The lowest BCUT2D eigenvalue weighted by atomic mass is 10.1. The lowest BCUT2D eigenvalue weighted by molar-refractivity contribution is -0.302. The maximum absolute atomic E-state index is 13.2. The van der Waals surface area contributed by atoms with Gasteiger partial charge in [0.05, 0.1) is 5.69 Å². The molecule has 3 rings (SSSR count). The van der Waals surface area contributed by atoms with Crippen molar-refractivity contribution >= 4 is 11.6 Å². The number of aliphatic hydroxyl groups is 1. The molecule has 0 fully saturated rings. The minimum Gasteiger partial charge on any atom is -0.467 e. The third kappa shape index (κ3) is 4.36. The summed E-state index contributed by atoms with van der Waals surface area (Å²) in [6.45, 7) is 1.82. The van der Waals surface area contributed by atoms with Crippen LogP contribution in [0.25, 0.3) is 5.69 Å². The van der Waals surface area contributed by atoms with E-state index in [1.807, 2.05) is 0 Å². The van der Waals surface area contributed by atoms with Crippen molar-refractivity contribution in [2.24, 2.45) is 5.10 Å². The van der Waals surface area contributed by atoms with E-state index in [9.17, 15) is 36.2 Å². The minimum absolute atomic E-state index is 0.155. The SMILES string of the molecule is CC1=NN(C(=O)COc2cc(C(F)(F)F)nn2-c2ccc(C)cc2)C(O)(C(F)(F)F)C1. The Morgan fingerprint density at radius 3 is 2.32 bits per heavy atom. The summed E-state index contributed by atoms with van der Waals surface area (Å²) in [5.74, 6) is -1.93. The van der Waals surface area contributed by atoms with E-state index in [2.05, 4.69) is 10.2 Å². The van der Waals surface area contributed by atoms with Gasteiger partial charge < -0.3 is 9.84 Å². The molecule has 1 N–H and O–H groups in total. The zero-order valence-corrected chi connectivity index (χ0v) is 16.1. The summed E-state index contributed by atoms with van der Waals surface area (Å²) in [6, 6.07) is 6.62. The standard InChI is InChI=1S/C18H16F6N4O3/c1-10-3-5-12(6-4-10)27-15(7-13(26-27)17(19,20)21)31-9-14(29)28-16(30,18(22,23)24)8-11(2)25-28/h3-7,30H,8-9H2,1-2H3. The molecule has 1 unspecified atom stereocenters. The first-order valence-corrected chi connectivity index (χ1v) is 8.76. The molecule has 2 aromatic rings. The Labute approximate surface area is 171 Å². The number of alkyl halides is 6. The van der Waals surface area contributed by atoms with E-state index < -0.39 is 48.6 Å². The zero-order chi connectivity index (χ0) is 23.2. The molecular formula is C18H16F6N4O3. The average Bonchev–Trinajstić information content (AvgIpc) is 3.21. The highest BCUT2D eigenvalue weighted by Gasteiger charge is 2.62. The van der Waals surface area contributed by atoms with Crippen LogP contribution < -0.4 is 4.74 Å². The van der Waals surface area contributed by atoms with Crippen LogP contribution in [0.4, 0.5) is 26.3 Å². The molecule has 1 aromatic heterocycles. The second kappa shape index (κ2) is 7.55. The van der Waals surface area contributed by atoms with E-state index in [0.29, 0.717) is 6.07 Å². The number of aromatic nitrogens is 2. The number of hydrogen-bond donors (Lipinski definition) is 1. The number of aryl methyl sites for hydroxylation is 1. The van der Waals surface area contributed by atoms with Crippen LogP contribution in [-0.4, -0.2) is 50.0 Å². The summed E-state index contributed by atoms with van der Waals surface area (Å²) in [5.41, 5.74) is -4.05. The predicted molar refractivity (Wildman–Crippen MR) is 94.4 cm³/mol. The minimum atomic E-state index is -5.21.